The lowest BCUT2D eigenvalue weighted by atomic mass is 10.0. The zero-order valence-corrected chi connectivity index (χ0v) is 17.8. The van der Waals surface area contributed by atoms with Crippen LogP contribution in [-0.4, -0.2) is 22.4 Å². The average molecular weight is 413 g/mol. The number of pyridine rings is 1. The van der Waals surface area contributed by atoms with Crippen molar-refractivity contribution in [2.45, 2.75) is 19.8 Å². The van der Waals surface area contributed by atoms with Crippen LogP contribution in [-0.2, 0) is 0 Å². The molecule has 30 heavy (non-hydrogen) atoms. The van der Waals surface area contributed by atoms with Gasteiger partial charge in [0, 0.05) is 23.7 Å². The van der Waals surface area contributed by atoms with Gasteiger partial charge in [-0.1, -0.05) is 74.0 Å². The second-order valence-corrected chi connectivity index (χ2v) is 7.73. The molecule has 0 spiro atoms. The standard InChI is InChI=1S/C25H24N4S/c1-2-3-16-27-25-29(28-18-23-11-7-8-17-26-23)24(19-30-25)22-14-12-21(13-15-22)20-9-5-4-6-10-20/h4-15,17-19H,2-3,16H2,1H3/b27-25?,28-18-. The van der Waals surface area contributed by atoms with Gasteiger partial charge in [0.15, 0.2) is 0 Å². The van der Waals surface area contributed by atoms with E-state index in [4.69, 9.17) is 10.1 Å². The van der Waals surface area contributed by atoms with E-state index in [0.717, 1.165) is 41.1 Å². The van der Waals surface area contributed by atoms with Crippen molar-refractivity contribution in [1.82, 2.24) is 9.66 Å². The molecule has 0 amide bonds. The maximum atomic E-state index is 4.77. The van der Waals surface area contributed by atoms with Crippen LogP contribution in [0, 0.1) is 0 Å². The van der Waals surface area contributed by atoms with Gasteiger partial charge < -0.3 is 0 Å². The molecule has 0 saturated carbocycles. The van der Waals surface area contributed by atoms with Crippen LogP contribution in [0.1, 0.15) is 25.5 Å². The summed E-state index contributed by atoms with van der Waals surface area (Å²) in [4.78, 5) is 10.0. The Labute approximate surface area is 180 Å². The fourth-order valence-electron chi connectivity index (χ4n) is 3.08. The molecule has 0 atom stereocenters. The number of hydrogen-bond acceptors (Lipinski definition) is 4. The van der Waals surface area contributed by atoms with E-state index in [2.05, 4.69) is 65.8 Å². The van der Waals surface area contributed by atoms with Gasteiger partial charge in [-0.3, -0.25) is 9.98 Å². The Bertz CT molecular complexity index is 1160. The molecule has 0 aliphatic carbocycles. The largest absolute Gasteiger partial charge is 0.257 e. The molecule has 0 saturated heterocycles. The molecule has 0 aliphatic rings. The Kier molecular flexibility index (Phi) is 6.62. The smallest absolute Gasteiger partial charge is 0.206 e. The molecule has 4 rings (SSSR count). The average Bonchev–Trinajstić information content (AvgIpc) is 3.22. The van der Waals surface area contributed by atoms with E-state index in [9.17, 15) is 0 Å². The Balaban J connectivity index is 1.70. The van der Waals surface area contributed by atoms with Gasteiger partial charge in [0.25, 0.3) is 0 Å². The van der Waals surface area contributed by atoms with E-state index >= 15 is 0 Å². The highest BCUT2D eigenvalue weighted by Gasteiger charge is 2.08. The Morgan fingerprint density at radius 3 is 2.37 bits per heavy atom. The highest BCUT2D eigenvalue weighted by molar-refractivity contribution is 7.07. The van der Waals surface area contributed by atoms with Crippen LogP contribution < -0.4 is 4.80 Å². The maximum absolute atomic E-state index is 4.77. The van der Waals surface area contributed by atoms with Crippen LogP contribution in [0.15, 0.2) is 94.5 Å². The fourth-order valence-corrected chi connectivity index (χ4v) is 3.95. The quantitative estimate of drug-likeness (QED) is 0.277. The molecular weight excluding hydrogens is 388 g/mol. The summed E-state index contributed by atoms with van der Waals surface area (Å²) in [5, 5.41) is 6.84. The van der Waals surface area contributed by atoms with E-state index < -0.39 is 0 Å². The molecule has 0 radical (unpaired) electrons. The predicted molar refractivity (Wildman–Crippen MR) is 126 cm³/mol. The Morgan fingerprint density at radius 1 is 0.900 bits per heavy atom. The number of nitrogens with zero attached hydrogens (tertiary/aromatic N) is 4. The van der Waals surface area contributed by atoms with Gasteiger partial charge >= 0.3 is 0 Å². The van der Waals surface area contributed by atoms with E-state index in [-0.39, 0.29) is 0 Å². The molecule has 2 heterocycles. The summed E-state index contributed by atoms with van der Waals surface area (Å²) in [7, 11) is 0. The summed E-state index contributed by atoms with van der Waals surface area (Å²) in [5.74, 6) is 0. The molecule has 0 aliphatic heterocycles. The van der Waals surface area contributed by atoms with Crippen LogP contribution in [0.5, 0.6) is 0 Å². The molecular formula is C25H24N4S. The minimum atomic E-state index is 0.808. The van der Waals surface area contributed by atoms with Crippen molar-refractivity contribution in [2.24, 2.45) is 10.1 Å². The normalized spacial score (nSPS) is 12.0. The zero-order chi connectivity index (χ0) is 20.6. The van der Waals surface area contributed by atoms with Gasteiger partial charge in [-0.05, 0) is 29.7 Å². The second kappa shape index (κ2) is 9.94. The van der Waals surface area contributed by atoms with E-state index in [1.165, 1.54) is 11.1 Å². The lowest BCUT2D eigenvalue weighted by Crippen LogP contribution is -2.13. The van der Waals surface area contributed by atoms with Gasteiger partial charge in [0.2, 0.25) is 4.80 Å². The van der Waals surface area contributed by atoms with Crippen molar-refractivity contribution in [3.8, 4) is 22.4 Å². The first-order valence-corrected chi connectivity index (χ1v) is 11.1. The fraction of sp³-hybridized carbons (Fsp3) is 0.160. The number of hydrogen-bond donors (Lipinski definition) is 0. The Hall–Kier alpha value is -3.31. The van der Waals surface area contributed by atoms with Gasteiger partial charge in [-0.25, -0.2) is 4.68 Å². The van der Waals surface area contributed by atoms with Crippen LogP contribution in [0.2, 0.25) is 0 Å². The summed E-state index contributed by atoms with van der Waals surface area (Å²) < 4.78 is 1.92. The van der Waals surface area contributed by atoms with Crippen molar-refractivity contribution in [3.63, 3.8) is 0 Å². The highest BCUT2D eigenvalue weighted by atomic mass is 32.1. The monoisotopic (exact) mass is 412 g/mol. The second-order valence-electron chi connectivity index (χ2n) is 6.89. The third-order valence-corrected chi connectivity index (χ3v) is 5.58. The number of benzene rings is 2. The van der Waals surface area contributed by atoms with Crippen molar-refractivity contribution < 1.29 is 0 Å². The summed E-state index contributed by atoms with van der Waals surface area (Å²) in [6.07, 6.45) is 5.76. The summed E-state index contributed by atoms with van der Waals surface area (Å²) in [6.45, 7) is 2.99. The molecule has 2 aromatic carbocycles. The zero-order valence-electron chi connectivity index (χ0n) is 17.0. The van der Waals surface area contributed by atoms with Crippen LogP contribution in [0.3, 0.4) is 0 Å². The molecule has 0 fully saturated rings. The van der Waals surface area contributed by atoms with Gasteiger partial charge in [0.05, 0.1) is 17.6 Å². The molecule has 0 bridgehead atoms. The first kappa shape index (κ1) is 20.0. The van der Waals surface area contributed by atoms with E-state index in [1.54, 1.807) is 23.7 Å². The maximum Gasteiger partial charge on any atom is 0.206 e. The van der Waals surface area contributed by atoms with Crippen LogP contribution in [0.4, 0.5) is 0 Å². The molecule has 4 aromatic rings. The van der Waals surface area contributed by atoms with Gasteiger partial charge in [0.1, 0.15) is 0 Å². The minimum Gasteiger partial charge on any atom is -0.257 e. The van der Waals surface area contributed by atoms with Gasteiger partial charge in [-0.15, -0.1) is 11.3 Å². The molecule has 0 N–H and O–H groups in total. The molecule has 2 aromatic heterocycles. The summed E-state index contributed by atoms with van der Waals surface area (Å²) in [5.41, 5.74) is 5.38. The van der Waals surface area contributed by atoms with Crippen molar-refractivity contribution in [1.29, 1.82) is 0 Å². The lowest BCUT2D eigenvalue weighted by molar-refractivity contribution is 0.764. The van der Waals surface area contributed by atoms with Crippen LogP contribution >= 0.6 is 11.3 Å². The lowest BCUT2D eigenvalue weighted by Gasteiger charge is -2.06. The first-order valence-electron chi connectivity index (χ1n) is 10.2. The van der Waals surface area contributed by atoms with Crippen molar-refractivity contribution in [2.75, 3.05) is 6.54 Å². The summed E-state index contributed by atoms with van der Waals surface area (Å²) in [6, 6.07) is 24.8. The van der Waals surface area contributed by atoms with E-state index in [1.807, 2.05) is 28.9 Å². The first-order chi connectivity index (χ1) is 14.8. The molecule has 4 nitrogen and oxygen atoms in total. The van der Waals surface area contributed by atoms with Gasteiger partial charge in [-0.2, -0.15) is 5.10 Å². The molecule has 0 unspecified atom stereocenters. The molecule has 5 heteroatoms. The summed E-state index contributed by atoms with van der Waals surface area (Å²) >= 11 is 1.62. The third-order valence-electron chi connectivity index (χ3n) is 4.73. The number of aromatic nitrogens is 2. The third kappa shape index (κ3) is 4.81. The predicted octanol–water partition coefficient (Wildman–Crippen LogP) is 5.86. The van der Waals surface area contributed by atoms with E-state index in [0.29, 0.717) is 0 Å². The number of rotatable bonds is 7. The topological polar surface area (TPSA) is 42.5 Å². The SMILES string of the molecule is CCCCN=c1scc(-c2ccc(-c3ccccc3)cc2)n1/N=C\c1ccccn1. The van der Waals surface area contributed by atoms with Crippen LogP contribution in [0.25, 0.3) is 22.4 Å². The number of unbranched alkanes of at least 4 members (excludes halogenated alkanes) is 1. The van der Waals surface area contributed by atoms with Crippen molar-refractivity contribution in [3.05, 3.63) is 94.9 Å². The number of thiazole rings is 1. The van der Waals surface area contributed by atoms with Crippen molar-refractivity contribution >= 4 is 17.6 Å². The Morgan fingerprint density at radius 2 is 1.63 bits per heavy atom. The minimum absolute atomic E-state index is 0.808. The molecule has 150 valence electrons. The highest BCUT2D eigenvalue weighted by Crippen LogP contribution is 2.25.